The van der Waals surface area contributed by atoms with Gasteiger partial charge in [0.1, 0.15) is 11.4 Å². The molecule has 2 amide bonds. The summed E-state index contributed by atoms with van der Waals surface area (Å²) >= 11 is 0. The first-order valence-electron chi connectivity index (χ1n) is 10.0. The summed E-state index contributed by atoms with van der Waals surface area (Å²) in [6, 6.07) is 11.0. The fourth-order valence-electron chi connectivity index (χ4n) is 4.06. The Bertz CT molecular complexity index is 1040. The van der Waals surface area contributed by atoms with Gasteiger partial charge in [-0.1, -0.05) is 18.2 Å². The molecular weight excluding hydrogens is 409 g/mol. The molecule has 0 saturated carbocycles. The largest absolute Gasteiger partial charge is 0.496 e. The van der Waals surface area contributed by atoms with Crippen molar-refractivity contribution in [1.29, 1.82) is 0 Å². The van der Waals surface area contributed by atoms with E-state index in [4.69, 9.17) is 4.74 Å². The molecule has 162 valence electrons. The number of anilines is 1. The molecule has 0 radical (unpaired) electrons. The molecule has 2 aromatic carbocycles. The Hall–Kier alpha value is -3.29. The van der Waals surface area contributed by atoms with Gasteiger partial charge >= 0.3 is 6.18 Å². The van der Waals surface area contributed by atoms with Crippen LogP contribution in [-0.4, -0.2) is 36.9 Å². The Labute approximate surface area is 177 Å². The van der Waals surface area contributed by atoms with Gasteiger partial charge in [0.05, 0.1) is 23.9 Å². The minimum Gasteiger partial charge on any atom is -0.496 e. The average molecular weight is 430 g/mol. The highest BCUT2D eigenvalue weighted by atomic mass is 19.4. The summed E-state index contributed by atoms with van der Waals surface area (Å²) in [6.07, 6.45) is -1.68. The molecule has 0 unspecified atom stereocenters. The number of ether oxygens (including phenoxy) is 1. The highest BCUT2D eigenvalue weighted by Crippen LogP contribution is 2.39. The standard InChI is InChI=1S/C23H21F3N2O3/c1-31-18-8-4-3-7-17(18)19-20(27-13-5-2-6-14-27)22(30)28(21(19)29)16-11-9-15(10-12-16)23(24,25)26/h3-4,7-12H,2,5-6,13-14H2,1H3. The van der Waals surface area contributed by atoms with Gasteiger partial charge in [-0.05, 0) is 49.6 Å². The van der Waals surface area contributed by atoms with Crippen molar-refractivity contribution in [3.05, 3.63) is 65.4 Å². The zero-order valence-electron chi connectivity index (χ0n) is 16.9. The Morgan fingerprint density at radius 1 is 0.871 bits per heavy atom. The molecule has 0 aliphatic carbocycles. The molecule has 1 saturated heterocycles. The lowest BCUT2D eigenvalue weighted by atomic mass is 10.0. The van der Waals surface area contributed by atoms with E-state index in [0.717, 1.165) is 48.4 Å². The molecule has 2 aliphatic rings. The quantitative estimate of drug-likeness (QED) is 0.671. The van der Waals surface area contributed by atoms with Crippen LogP contribution in [0.15, 0.2) is 54.2 Å². The molecule has 0 bridgehead atoms. The highest BCUT2D eigenvalue weighted by Gasteiger charge is 2.43. The van der Waals surface area contributed by atoms with Crippen LogP contribution in [0.4, 0.5) is 18.9 Å². The van der Waals surface area contributed by atoms with Crippen LogP contribution in [0.3, 0.4) is 0 Å². The number of nitrogens with zero attached hydrogens (tertiary/aromatic N) is 2. The normalized spacial score (nSPS) is 17.5. The Morgan fingerprint density at radius 3 is 2.13 bits per heavy atom. The Balaban J connectivity index is 1.81. The van der Waals surface area contributed by atoms with Crippen LogP contribution in [0.2, 0.25) is 0 Å². The van der Waals surface area contributed by atoms with E-state index in [0.29, 0.717) is 24.4 Å². The number of methoxy groups -OCH3 is 1. The first kappa shape index (κ1) is 21.0. The smallest absolute Gasteiger partial charge is 0.416 e. The highest BCUT2D eigenvalue weighted by molar-refractivity contribution is 6.45. The number of carbonyl (C=O) groups is 2. The van der Waals surface area contributed by atoms with Crippen LogP contribution < -0.4 is 9.64 Å². The molecule has 5 nitrogen and oxygen atoms in total. The molecule has 2 aromatic rings. The van der Waals surface area contributed by atoms with Gasteiger partial charge in [0.25, 0.3) is 11.8 Å². The molecular formula is C23H21F3N2O3. The number of piperidine rings is 1. The lowest BCUT2D eigenvalue weighted by molar-refractivity contribution is -0.137. The van der Waals surface area contributed by atoms with Crippen molar-refractivity contribution in [2.45, 2.75) is 25.4 Å². The van der Waals surface area contributed by atoms with Gasteiger partial charge in [0.2, 0.25) is 0 Å². The summed E-state index contributed by atoms with van der Waals surface area (Å²) < 4.78 is 44.2. The van der Waals surface area contributed by atoms with Crippen molar-refractivity contribution in [2.24, 2.45) is 0 Å². The fourth-order valence-corrected chi connectivity index (χ4v) is 4.06. The number of benzene rings is 2. The molecule has 4 rings (SSSR count). The second-order valence-corrected chi connectivity index (χ2v) is 7.46. The summed E-state index contributed by atoms with van der Waals surface area (Å²) in [5, 5.41) is 0. The first-order chi connectivity index (χ1) is 14.8. The summed E-state index contributed by atoms with van der Waals surface area (Å²) in [7, 11) is 1.48. The molecule has 1 fully saturated rings. The third kappa shape index (κ3) is 3.78. The maximum atomic E-state index is 13.5. The lowest BCUT2D eigenvalue weighted by Gasteiger charge is -2.29. The number of imide groups is 1. The Morgan fingerprint density at radius 2 is 1.52 bits per heavy atom. The topological polar surface area (TPSA) is 49.9 Å². The maximum Gasteiger partial charge on any atom is 0.416 e. The first-order valence-corrected chi connectivity index (χ1v) is 10.0. The number of hydrogen-bond donors (Lipinski definition) is 0. The van der Waals surface area contributed by atoms with Gasteiger partial charge in [-0.3, -0.25) is 9.59 Å². The molecule has 2 heterocycles. The van der Waals surface area contributed by atoms with Crippen molar-refractivity contribution in [2.75, 3.05) is 25.1 Å². The lowest BCUT2D eigenvalue weighted by Crippen LogP contribution is -2.37. The third-order valence-electron chi connectivity index (χ3n) is 5.56. The predicted octanol–water partition coefficient (Wildman–Crippen LogP) is 4.48. The number of halogens is 3. The van der Waals surface area contributed by atoms with E-state index in [1.165, 1.54) is 7.11 Å². The SMILES string of the molecule is COc1ccccc1C1=C(N2CCCCC2)C(=O)N(c2ccc(C(F)(F)F)cc2)C1=O. The molecule has 8 heteroatoms. The van der Waals surface area contributed by atoms with E-state index in [2.05, 4.69) is 0 Å². The molecule has 0 aromatic heterocycles. The van der Waals surface area contributed by atoms with Crippen LogP contribution in [0.5, 0.6) is 5.75 Å². The summed E-state index contributed by atoms with van der Waals surface area (Å²) in [6.45, 7) is 1.27. The molecule has 0 spiro atoms. The van der Waals surface area contributed by atoms with Crippen molar-refractivity contribution in [1.82, 2.24) is 4.90 Å². The van der Waals surface area contributed by atoms with Gasteiger partial charge in [-0.15, -0.1) is 0 Å². The second-order valence-electron chi connectivity index (χ2n) is 7.46. The van der Waals surface area contributed by atoms with E-state index in [9.17, 15) is 22.8 Å². The summed E-state index contributed by atoms with van der Waals surface area (Å²) in [5.41, 5.74) is 0.226. The molecule has 0 N–H and O–H groups in total. The van der Waals surface area contributed by atoms with Crippen molar-refractivity contribution in [3.63, 3.8) is 0 Å². The van der Waals surface area contributed by atoms with Gasteiger partial charge in [0.15, 0.2) is 0 Å². The van der Waals surface area contributed by atoms with Crippen molar-refractivity contribution < 1.29 is 27.5 Å². The van der Waals surface area contributed by atoms with Crippen LogP contribution in [-0.2, 0) is 15.8 Å². The van der Waals surface area contributed by atoms with E-state index in [1.54, 1.807) is 24.3 Å². The van der Waals surface area contributed by atoms with Crippen LogP contribution >= 0.6 is 0 Å². The number of hydrogen-bond acceptors (Lipinski definition) is 4. The van der Waals surface area contributed by atoms with Crippen LogP contribution in [0.25, 0.3) is 5.57 Å². The van der Waals surface area contributed by atoms with Crippen LogP contribution in [0.1, 0.15) is 30.4 Å². The predicted molar refractivity (Wildman–Crippen MR) is 109 cm³/mol. The van der Waals surface area contributed by atoms with Gasteiger partial charge in [0, 0.05) is 18.7 Å². The maximum absolute atomic E-state index is 13.5. The van der Waals surface area contributed by atoms with Gasteiger partial charge < -0.3 is 9.64 Å². The number of para-hydroxylation sites is 1. The third-order valence-corrected chi connectivity index (χ3v) is 5.56. The minimum absolute atomic E-state index is 0.0995. The van der Waals surface area contributed by atoms with Crippen molar-refractivity contribution >= 4 is 23.1 Å². The molecule has 31 heavy (non-hydrogen) atoms. The minimum atomic E-state index is -4.50. The second kappa shape index (κ2) is 8.09. The van der Waals surface area contributed by atoms with Gasteiger partial charge in [-0.2, -0.15) is 13.2 Å². The van der Waals surface area contributed by atoms with E-state index < -0.39 is 23.6 Å². The Kier molecular flexibility index (Phi) is 5.47. The fraction of sp³-hybridized carbons (Fsp3) is 0.304. The number of carbonyl (C=O) groups excluding carboxylic acids is 2. The number of rotatable bonds is 4. The average Bonchev–Trinajstić information content (AvgIpc) is 3.03. The van der Waals surface area contributed by atoms with E-state index in [-0.39, 0.29) is 17.0 Å². The monoisotopic (exact) mass is 430 g/mol. The zero-order chi connectivity index (χ0) is 22.2. The van der Waals surface area contributed by atoms with Crippen LogP contribution in [0, 0.1) is 0 Å². The summed E-state index contributed by atoms with van der Waals surface area (Å²) in [4.78, 5) is 29.7. The zero-order valence-corrected chi connectivity index (χ0v) is 16.9. The van der Waals surface area contributed by atoms with E-state index >= 15 is 0 Å². The van der Waals surface area contributed by atoms with Gasteiger partial charge in [-0.25, -0.2) is 4.90 Å². The molecule has 2 aliphatic heterocycles. The van der Waals surface area contributed by atoms with E-state index in [1.807, 2.05) is 4.90 Å². The molecule has 0 atom stereocenters. The van der Waals surface area contributed by atoms with Crippen molar-refractivity contribution in [3.8, 4) is 5.75 Å². The summed E-state index contributed by atoms with van der Waals surface area (Å²) in [5.74, 6) is -0.662. The number of alkyl halides is 3. The number of likely N-dealkylation sites (tertiary alicyclic amines) is 1. The number of amides is 2.